The van der Waals surface area contributed by atoms with E-state index in [0.29, 0.717) is 21.7 Å². The number of hydrogen-bond acceptors (Lipinski definition) is 4. The molecule has 0 radical (unpaired) electrons. The molecule has 3 aromatic carbocycles. The fourth-order valence-electron chi connectivity index (χ4n) is 3.19. The first kappa shape index (κ1) is 20.5. The Morgan fingerprint density at radius 1 is 1.17 bits per heavy atom. The summed E-state index contributed by atoms with van der Waals surface area (Å²) < 4.78 is 5.96. The largest absolute Gasteiger partial charge is 0.493 e. The van der Waals surface area contributed by atoms with Crippen molar-refractivity contribution in [3.05, 3.63) is 75.7 Å². The molecular weight excluding hydrogens is 416 g/mol. The standard InChI is InChI=1S/C24H21ClN2O2S/c1-3-12-29-21-11-9-16-6-4-5-7-18(16)19(21)14-22-23(28)27-24(30-22)26-20-13-17(25)10-8-15(20)2/h4-11,13-14H,3,12H2,1-2H3,(H,26,27,28)/b22-14-. The van der Waals surface area contributed by atoms with Gasteiger partial charge in [0, 0.05) is 10.6 Å². The van der Waals surface area contributed by atoms with Gasteiger partial charge in [-0.25, -0.2) is 4.99 Å². The van der Waals surface area contributed by atoms with Gasteiger partial charge in [0.05, 0.1) is 17.2 Å². The van der Waals surface area contributed by atoms with Crippen LogP contribution in [0.3, 0.4) is 0 Å². The normalized spacial score (nSPS) is 16.4. The van der Waals surface area contributed by atoms with Gasteiger partial charge in [0.1, 0.15) is 5.75 Å². The van der Waals surface area contributed by atoms with Gasteiger partial charge in [-0.05, 0) is 65.7 Å². The Morgan fingerprint density at radius 2 is 2.00 bits per heavy atom. The smallest absolute Gasteiger partial charge is 0.264 e. The number of rotatable bonds is 5. The first-order valence-corrected chi connectivity index (χ1v) is 10.9. The summed E-state index contributed by atoms with van der Waals surface area (Å²) in [6.45, 7) is 4.65. The number of carbonyl (C=O) groups is 1. The van der Waals surface area contributed by atoms with Crippen LogP contribution in [0.2, 0.25) is 5.02 Å². The van der Waals surface area contributed by atoms with Crippen molar-refractivity contribution in [3.8, 4) is 5.75 Å². The average Bonchev–Trinajstić information content (AvgIpc) is 3.09. The van der Waals surface area contributed by atoms with E-state index < -0.39 is 0 Å². The molecule has 1 aliphatic rings. The molecule has 1 N–H and O–H groups in total. The maximum absolute atomic E-state index is 12.6. The Kier molecular flexibility index (Phi) is 6.11. The number of amides is 1. The number of halogens is 1. The molecule has 152 valence electrons. The maximum Gasteiger partial charge on any atom is 0.264 e. The minimum absolute atomic E-state index is 0.173. The first-order valence-electron chi connectivity index (χ1n) is 9.75. The quantitative estimate of drug-likeness (QED) is 0.465. The molecule has 1 fully saturated rings. The van der Waals surface area contributed by atoms with Crippen LogP contribution < -0.4 is 10.1 Å². The molecule has 3 aromatic rings. The van der Waals surface area contributed by atoms with Crippen molar-refractivity contribution < 1.29 is 9.53 Å². The molecule has 4 nitrogen and oxygen atoms in total. The Balaban J connectivity index is 1.73. The summed E-state index contributed by atoms with van der Waals surface area (Å²) in [5.74, 6) is 0.598. The van der Waals surface area contributed by atoms with Crippen LogP contribution in [0.1, 0.15) is 24.5 Å². The van der Waals surface area contributed by atoms with Crippen LogP contribution in [0.15, 0.2) is 64.5 Å². The molecule has 6 heteroatoms. The van der Waals surface area contributed by atoms with Crippen LogP contribution >= 0.6 is 23.4 Å². The third-order valence-corrected chi connectivity index (χ3v) is 5.86. The van der Waals surface area contributed by atoms with Gasteiger partial charge in [-0.15, -0.1) is 0 Å². The molecule has 1 heterocycles. The van der Waals surface area contributed by atoms with Crippen molar-refractivity contribution in [2.24, 2.45) is 4.99 Å². The zero-order valence-corrected chi connectivity index (χ0v) is 18.3. The molecule has 0 unspecified atom stereocenters. The molecule has 0 saturated carbocycles. The molecule has 0 spiro atoms. The van der Waals surface area contributed by atoms with Crippen molar-refractivity contribution in [1.82, 2.24) is 5.32 Å². The van der Waals surface area contributed by atoms with E-state index in [1.807, 2.05) is 55.5 Å². The number of benzene rings is 3. The molecular formula is C24H21ClN2O2S. The summed E-state index contributed by atoms with van der Waals surface area (Å²) in [7, 11) is 0. The lowest BCUT2D eigenvalue weighted by Gasteiger charge is -2.11. The molecule has 4 rings (SSSR count). The molecule has 1 saturated heterocycles. The lowest BCUT2D eigenvalue weighted by Crippen LogP contribution is -2.19. The van der Waals surface area contributed by atoms with Gasteiger partial charge in [-0.1, -0.05) is 54.9 Å². The second kappa shape index (κ2) is 8.94. The Labute approximate surface area is 185 Å². The zero-order chi connectivity index (χ0) is 21.1. The van der Waals surface area contributed by atoms with E-state index in [1.165, 1.54) is 11.8 Å². The van der Waals surface area contributed by atoms with Crippen LogP contribution in [0.4, 0.5) is 5.69 Å². The van der Waals surface area contributed by atoms with E-state index >= 15 is 0 Å². The van der Waals surface area contributed by atoms with Crippen molar-refractivity contribution in [3.63, 3.8) is 0 Å². The molecule has 1 amide bonds. The Bertz CT molecular complexity index is 1190. The van der Waals surface area contributed by atoms with Gasteiger partial charge < -0.3 is 10.1 Å². The van der Waals surface area contributed by atoms with Crippen molar-refractivity contribution in [2.45, 2.75) is 20.3 Å². The number of ether oxygens (including phenoxy) is 1. The topological polar surface area (TPSA) is 50.7 Å². The third-order valence-electron chi connectivity index (χ3n) is 4.71. The zero-order valence-electron chi connectivity index (χ0n) is 16.7. The molecule has 0 atom stereocenters. The summed E-state index contributed by atoms with van der Waals surface area (Å²) >= 11 is 7.41. The maximum atomic E-state index is 12.6. The lowest BCUT2D eigenvalue weighted by molar-refractivity contribution is -0.115. The number of amidine groups is 1. The number of aryl methyl sites for hydroxylation is 1. The summed E-state index contributed by atoms with van der Waals surface area (Å²) in [4.78, 5) is 17.8. The van der Waals surface area contributed by atoms with Gasteiger partial charge in [0.25, 0.3) is 5.91 Å². The highest BCUT2D eigenvalue weighted by Gasteiger charge is 2.25. The number of fused-ring (bicyclic) bond motifs is 1. The molecule has 0 aromatic heterocycles. The number of thioether (sulfide) groups is 1. The van der Waals surface area contributed by atoms with Crippen LogP contribution in [0.5, 0.6) is 5.75 Å². The lowest BCUT2D eigenvalue weighted by atomic mass is 10.0. The second-order valence-corrected chi connectivity index (χ2v) is 8.43. The van der Waals surface area contributed by atoms with Crippen LogP contribution in [0, 0.1) is 6.92 Å². The van der Waals surface area contributed by atoms with E-state index in [-0.39, 0.29) is 5.91 Å². The van der Waals surface area contributed by atoms with Gasteiger partial charge in [0.2, 0.25) is 0 Å². The van der Waals surface area contributed by atoms with Gasteiger partial charge in [0.15, 0.2) is 5.17 Å². The monoisotopic (exact) mass is 436 g/mol. The predicted octanol–water partition coefficient (Wildman–Crippen LogP) is 6.48. The molecule has 0 bridgehead atoms. The van der Waals surface area contributed by atoms with Gasteiger partial charge in [-0.2, -0.15) is 0 Å². The summed E-state index contributed by atoms with van der Waals surface area (Å²) in [5.41, 5.74) is 2.63. The SMILES string of the molecule is CCCOc1ccc2ccccc2c1/C=C1\SC(=Nc2cc(Cl)ccc2C)NC1=O. The van der Waals surface area contributed by atoms with Crippen LogP contribution in [0.25, 0.3) is 16.8 Å². The fraction of sp³-hybridized carbons (Fsp3) is 0.167. The average molecular weight is 437 g/mol. The van der Waals surface area contributed by atoms with E-state index in [0.717, 1.165) is 39.8 Å². The van der Waals surface area contributed by atoms with E-state index in [2.05, 4.69) is 23.3 Å². The minimum Gasteiger partial charge on any atom is -0.493 e. The number of nitrogens with one attached hydrogen (secondary N) is 1. The van der Waals surface area contributed by atoms with E-state index in [4.69, 9.17) is 16.3 Å². The number of hydrogen-bond donors (Lipinski definition) is 1. The first-order chi connectivity index (χ1) is 14.5. The van der Waals surface area contributed by atoms with Crippen LogP contribution in [-0.2, 0) is 4.79 Å². The molecule has 30 heavy (non-hydrogen) atoms. The van der Waals surface area contributed by atoms with Crippen LogP contribution in [-0.4, -0.2) is 17.7 Å². The predicted molar refractivity (Wildman–Crippen MR) is 127 cm³/mol. The van der Waals surface area contributed by atoms with Crippen molar-refractivity contribution in [1.29, 1.82) is 0 Å². The van der Waals surface area contributed by atoms with Gasteiger partial charge in [-0.3, -0.25) is 4.79 Å². The molecule has 1 aliphatic heterocycles. The van der Waals surface area contributed by atoms with E-state index in [1.54, 1.807) is 6.07 Å². The highest BCUT2D eigenvalue weighted by Crippen LogP contribution is 2.35. The summed E-state index contributed by atoms with van der Waals surface area (Å²) in [6, 6.07) is 17.6. The van der Waals surface area contributed by atoms with Crippen molar-refractivity contribution in [2.75, 3.05) is 6.61 Å². The highest BCUT2D eigenvalue weighted by molar-refractivity contribution is 8.18. The Morgan fingerprint density at radius 3 is 2.83 bits per heavy atom. The summed E-state index contributed by atoms with van der Waals surface area (Å²) in [6.07, 6.45) is 2.80. The van der Waals surface area contributed by atoms with E-state index in [9.17, 15) is 4.79 Å². The molecule has 0 aliphatic carbocycles. The number of aliphatic imine (C=N–C) groups is 1. The summed E-state index contributed by atoms with van der Waals surface area (Å²) in [5, 5.41) is 6.14. The minimum atomic E-state index is -0.173. The Hall–Kier alpha value is -2.76. The fourth-order valence-corrected chi connectivity index (χ4v) is 4.17. The number of nitrogens with zero attached hydrogens (tertiary/aromatic N) is 1. The van der Waals surface area contributed by atoms with Gasteiger partial charge >= 0.3 is 0 Å². The third kappa shape index (κ3) is 4.37. The second-order valence-electron chi connectivity index (χ2n) is 6.96. The van der Waals surface area contributed by atoms with Crippen molar-refractivity contribution >= 4 is 57.0 Å². The highest BCUT2D eigenvalue weighted by atomic mass is 35.5. The number of carbonyl (C=O) groups excluding carboxylic acids is 1.